The molecule has 8 nitrogen and oxygen atoms in total. The molecule has 0 aliphatic heterocycles. The van der Waals surface area contributed by atoms with Gasteiger partial charge in [-0.1, -0.05) is 96.0 Å². The van der Waals surface area contributed by atoms with Crippen molar-refractivity contribution in [1.82, 2.24) is 20.6 Å². The number of aromatic nitrogens is 2. The maximum absolute atomic E-state index is 12.7. The number of ketones is 2. The van der Waals surface area contributed by atoms with Gasteiger partial charge in [-0.15, -0.1) is 12.4 Å². The van der Waals surface area contributed by atoms with Gasteiger partial charge in [0.25, 0.3) is 0 Å². The first-order chi connectivity index (χ1) is 30.0. The largest absolute Gasteiger partial charge is 0.346 e. The van der Waals surface area contributed by atoms with Gasteiger partial charge in [0.05, 0.1) is 23.5 Å². The summed E-state index contributed by atoms with van der Waals surface area (Å²) >= 11 is 12.4. The SMILES string of the molecule is C[C@H](NC(=O)[C@@H]1CC[C@@H](Cc2ccccc2)C1)C(=O)CCc1cnc2c(c1)C(Cl)=CC2.C[C@H](NC(=O)[C@@H]1CC[C@@H](Cc2ccccc2)C1)C(=O)CCc1cnc2c(c1)C(Cl)=CC2.Cl. The van der Waals surface area contributed by atoms with E-state index in [4.69, 9.17) is 23.2 Å². The van der Waals surface area contributed by atoms with Gasteiger partial charge in [-0.25, -0.2) is 0 Å². The Bertz CT molecular complexity index is 2140. The molecule has 0 radical (unpaired) electrons. The van der Waals surface area contributed by atoms with Crippen LogP contribution >= 0.6 is 35.6 Å². The molecule has 0 saturated heterocycles. The second-order valence-corrected chi connectivity index (χ2v) is 18.5. The molecule has 2 saturated carbocycles. The summed E-state index contributed by atoms with van der Waals surface area (Å²) in [5.74, 6) is 1.25. The molecule has 2 fully saturated rings. The summed E-state index contributed by atoms with van der Waals surface area (Å²) in [4.78, 5) is 59.5. The van der Waals surface area contributed by atoms with E-state index >= 15 is 0 Å². The van der Waals surface area contributed by atoms with Crippen molar-refractivity contribution in [3.8, 4) is 0 Å². The van der Waals surface area contributed by atoms with Crippen LogP contribution in [-0.4, -0.2) is 45.4 Å². The van der Waals surface area contributed by atoms with Gasteiger partial charge in [-0.2, -0.15) is 0 Å². The van der Waals surface area contributed by atoms with Crippen molar-refractivity contribution in [1.29, 1.82) is 0 Å². The van der Waals surface area contributed by atoms with Crippen molar-refractivity contribution in [2.75, 3.05) is 0 Å². The van der Waals surface area contributed by atoms with Gasteiger partial charge >= 0.3 is 0 Å². The molecule has 2 aromatic carbocycles. The van der Waals surface area contributed by atoms with Crippen molar-refractivity contribution in [3.63, 3.8) is 0 Å². The average molecular weight is 910 g/mol. The molecule has 6 atom stereocenters. The molecule has 0 unspecified atom stereocenters. The molecule has 8 rings (SSSR count). The van der Waals surface area contributed by atoms with E-state index in [1.165, 1.54) is 11.1 Å². The fourth-order valence-electron chi connectivity index (χ4n) is 9.36. The second kappa shape index (κ2) is 22.8. The van der Waals surface area contributed by atoms with Crippen LogP contribution in [0.4, 0.5) is 0 Å². The predicted molar refractivity (Wildman–Crippen MR) is 255 cm³/mol. The number of carbonyl (C=O) groups is 4. The fourth-order valence-corrected chi connectivity index (χ4v) is 9.84. The first-order valence-corrected chi connectivity index (χ1v) is 23.2. The molecule has 0 spiro atoms. The minimum absolute atomic E-state index is 0. The monoisotopic (exact) mass is 908 g/mol. The summed E-state index contributed by atoms with van der Waals surface area (Å²) in [5, 5.41) is 7.38. The van der Waals surface area contributed by atoms with Crippen molar-refractivity contribution >= 4 is 69.1 Å². The number of pyridine rings is 2. The quantitative estimate of drug-likeness (QED) is 0.116. The fraction of sp³-hybridized carbons (Fsp3) is 0.423. The van der Waals surface area contributed by atoms with E-state index < -0.39 is 12.1 Å². The van der Waals surface area contributed by atoms with Gasteiger partial charge in [0.2, 0.25) is 11.8 Å². The van der Waals surface area contributed by atoms with E-state index in [1.54, 1.807) is 13.8 Å². The lowest BCUT2D eigenvalue weighted by molar-refractivity contribution is -0.129. The van der Waals surface area contributed by atoms with E-state index in [0.29, 0.717) is 37.5 Å². The molecule has 332 valence electrons. The zero-order valence-corrected chi connectivity index (χ0v) is 38.6. The number of benzene rings is 2. The molecule has 2 heterocycles. The summed E-state index contributed by atoms with van der Waals surface area (Å²) in [6, 6.07) is 24.0. The van der Waals surface area contributed by atoms with Crippen LogP contribution in [0, 0.1) is 23.7 Å². The standard InChI is InChI=1S/2C26H29ClN2O2.ClH/c2*1-17(25(30)12-8-20-15-22-23(27)10-11-24(22)28-16-20)29-26(31)21-9-7-19(14-21)13-18-5-3-2-4-6-18;/h2*2-6,10,15-17,19,21H,7-9,11-14H2,1H3,(H,29,31);1H/t2*17-,19-,21+;/m00./s1. The maximum atomic E-state index is 12.7. The lowest BCUT2D eigenvalue weighted by Gasteiger charge is -2.17. The van der Waals surface area contributed by atoms with Crippen molar-refractivity contribution in [2.45, 2.75) is 116 Å². The zero-order chi connectivity index (χ0) is 43.6. The highest BCUT2D eigenvalue weighted by molar-refractivity contribution is 6.49. The van der Waals surface area contributed by atoms with Crippen LogP contribution in [0.2, 0.25) is 0 Å². The number of hydrogen-bond acceptors (Lipinski definition) is 6. The third-order valence-electron chi connectivity index (χ3n) is 13.1. The lowest BCUT2D eigenvalue weighted by atomic mass is 9.96. The molecule has 2 aromatic heterocycles. The Labute approximate surface area is 388 Å². The summed E-state index contributed by atoms with van der Waals surface area (Å²) < 4.78 is 0. The smallest absolute Gasteiger partial charge is 0.223 e. The van der Waals surface area contributed by atoms with E-state index in [-0.39, 0.29) is 47.6 Å². The van der Waals surface area contributed by atoms with Gasteiger partial charge in [0.1, 0.15) is 0 Å². The Balaban J connectivity index is 0.000000206. The van der Waals surface area contributed by atoms with E-state index in [2.05, 4.69) is 69.1 Å². The Hall–Kier alpha value is -4.63. The number of rotatable bonds is 16. The van der Waals surface area contributed by atoms with E-state index in [0.717, 1.165) is 108 Å². The molecule has 4 aromatic rings. The van der Waals surface area contributed by atoms with Gasteiger partial charge in [0.15, 0.2) is 11.6 Å². The van der Waals surface area contributed by atoms with E-state index in [9.17, 15) is 19.2 Å². The summed E-state index contributed by atoms with van der Waals surface area (Å²) in [7, 11) is 0. The van der Waals surface area contributed by atoms with Crippen LogP contribution in [0.15, 0.2) is 97.3 Å². The van der Waals surface area contributed by atoms with Crippen LogP contribution in [0.25, 0.3) is 10.1 Å². The summed E-state index contributed by atoms with van der Waals surface area (Å²) in [5.41, 5.74) is 8.58. The Morgan fingerprint density at radius 3 is 1.40 bits per heavy atom. The average Bonchev–Trinajstić information content (AvgIpc) is 4.11. The lowest BCUT2D eigenvalue weighted by Crippen LogP contribution is -2.41. The number of allylic oxidation sites excluding steroid dienone is 2. The third-order valence-corrected chi connectivity index (χ3v) is 13.8. The number of nitrogens with one attached hydrogen (secondary N) is 2. The highest BCUT2D eigenvalue weighted by atomic mass is 35.5. The third kappa shape index (κ3) is 13.2. The molecule has 2 N–H and O–H groups in total. The zero-order valence-electron chi connectivity index (χ0n) is 36.3. The molecule has 4 aliphatic rings. The second-order valence-electron chi connectivity index (χ2n) is 17.7. The number of nitrogens with zero attached hydrogens (tertiary/aromatic N) is 2. The van der Waals surface area contributed by atoms with Gasteiger partial charge in [0, 0.05) is 71.1 Å². The number of halogens is 3. The Kier molecular flexibility index (Phi) is 17.3. The number of fused-ring (bicyclic) bond motifs is 2. The molecule has 2 amide bonds. The molecule has 11 heteroatoms. The number of carbonyl (C=O) groups excluding carboxylic acids is 4. The minimum atomic E-state index is -0.466. The Morgan fingerprint density at radius 1 is 0.603 bits per heavy atom. The molecule has 0 bridgehead atoms. The van der Waals surface area contributed by atoms with Crippen LogP contribution in [-0.2, 0) is 57.7 Å². The maximum Gasteiger partial charge on any atom is 0.223 e. The molecule has 4 aliphatic carbocycles. The van der Waals surface area contributed by atoms with Gasteiger partial charge < -0.3 is 10.6 Å². The number of aryl methyl sites for hydroxylation is 2. The Morgan fingerprint density at radius 2 is 1.00 bits per heavy atom. The summed E-state index contributed by atoms with van der Waals surface area (Å²) in [6.45, 7) is 3.58. The van der Waals surface area contributed by atoms with Crippen molar-refractivity contribution in [2.24, 2.45) is 23.7 Å². The highest BCUT2D eigenvalue weighted by Crippen LogP contribution is 2.35. The normalized spacial score (nSPS) is 20.4. The minimum Gasteiger partial charge on any atom is -0.346 e. The van der Waals surface area contributed by atoms with Gasteiger partial charge in [-0.05, 0) is 124 Å². The van der Waals surface area contributed by atoms with Crippen molar-refractivity contribution in [3.05, 3.63) is 142 Å². The van der Waals surface area contributed by atoms with Crippen LogP contribution in [0.3, 0.4) is 0 Å². The van der Waals surface area contributed by atoms with E-state index in [1.807, 2.05) is 48.8 Å². The molecule has 63 heavy (non-hydrogen) atoms. The highest BCUT2D eigenvalue weighted by Gasteiger charge is 2.32. The number of hydrogen-bond donors (Lipinski definition) is 2. The number of amides is 2. The molecular weight excluding hydrogens is 851 g/mol. The molecular formula is C52H59Cl3N4O4. The topological polar surface area (TPSA) is 118 Å². The number of Topliss-reactive ketones (excluding diaryl/α,β-unsaturated/α-hetero) is 2. The summed E-state index contributed by atoms with van der Waals surface area (Å²) in [6.07, 6.45) is 18.8. The van der Waals surface area contributed by atoms with Crippen molar-refractivity contribution < 1.29 is 19.2 Å². The van der Waals surface area contributed by atoms with Crippen LogP contribution in [0.1, 0.15) is 110 Å². The first-order valence-electron chi connectivity index (χ1n) is 22.4. The first kappa shape index (κ1) is 47.8. The van der Waals surface area contributed by atoms with Crippen LogP contribution in [0.5, 0.6) is 0 Å². The van der Waals surface area contributed by atoms with Crippen LogP contribution < -0.4 is 10.6 Å². The van der Waals surface area contributed by atoms with Gasteiger partial charge in [-0.3, -0.25) is 29.1 Å². The predicted octanol–water partition coefficient (Wildman–Crippen LogP) is 10.2.